The Labute approximate surface area is 106 Å². The van der Waals surface area contributed by atoms with Crippen LogP contribution in [0.4, 0.5) is 13.2 Å². The lowest BCUT2D eigenvalue weighted by Gasteiger charge is -2.19. The van der Waals surface area contributed by atoms with Crippen molar-refractivity contribution in [2.45, 2.75) is 18.6 Å². The van der Waals surface area contributed by atoms with Crippen LogP contribution >= 0.6 is 0 Å². The Balaban J connectivity index is 2.76. The molecule has 0 saturated carbocycles. The Morgan fingerprint density at radius 3 is 2.11 bits per heavy atom. The second-order valence-corrected chi connectivity index (χ2v) is 4.55. The molecular formula is C13H19F3N2. The molecule has 0 amide bonds. The van der Waals surface area contributed by atoms with Crippen LogP contribution < -0.4 is 5.32 Å². The number of rotatable bonds is 5. The smallest absolute Gasteiger partial charge is 0.313 e. The zero-order valence-corrected chi connectivity index (χ0v) is 10.9. The summed E-state index contributed by atoms with van der Waals surface area (Å²) >= 11 is 0. The van der Waals surface area contributed by atoms with Crippen LogP contribution in [0.5, 0.6) is 0 Å². The minimum atomic E-state index is -4.27. The molecule has 0 aromatic heterocycles. The Bertz CT molecular complexity index is 357. The highest BCUT2D eigenvalue weighted by atomic mass is 19.4. The third-order valence-electron chi connectivity index (χ3n) is 2.85. The monoisotopic (exact) mass is 260 g/mol. The van der Waals surface area contributed by atoms with Crippen LogP contribution in [-0.4, -0.2) is 32.6 Å². The fourth-order valence-corrected chi connectivity index (χ4v) is 1.77. The molecule has 1 N–H and O–H groups in total. The van der Waals surface area contributed by atoms with Crippen LogP contribution in [0.25, 0.3) is 0 Å². The van der Waals surface area contributed by atoms with Gasteiger partial charge in [-0.05, 0) is 51.8 Å². The lowest BCUT2D eigenvalue weighted by molar-refractivity contribution is -0.137. The van der Waals surface area contributed by atoms with Gasteiger partial charge in [0.25, 0.3) is 0 Å². The first-order valence-electron chi connectivity index (χ1n) is 5.83. The Morgan fingerprint density at radius 1 is 1.17 bits per heavy atom. The molecule has 1 rings (SSSR count). The summed E-state index contributed by atoms with van der Waals surface area (Å²) in [5.74, 6) is 0. The predicted molar refractivity (Wildman–Crippen MR) is 66.4 cm³/mol. The third kappa shape index (κ3) is 4.31. The minimum absolute atomic E-state index is 0.0784. The number of nitrogens with one attached hydrogen (secondary N) is 1. The highest BCUT2D eigenvalue weighted by Gasteiger charge is 2.30. The highest BCUT2D eigenvalue weighted by molar-refractivity contribution is 5.26. The van der Waals surface area contributed by atoms with Crippen LogP contribution in [0.2, 0.25) is 0 Å². The molecule has 0 aliphatic rings. The molecule has 0 fully saturated rings. The highest BCUT2D eigenvalue weighted by Crippen LogP contribution is 2.30. The van der Waals surface area contributed by atoms with Crippen molar-refractivity contribution in [1.29, 1.82) is 0 Å². The van der Waals surface area contributed by atoms with Gasteiger partial charge in [-0.25, -0.2) is 0 Å². The molecule has 1 atom stereocenters. The topological polar surface area (TPSA) is 15.3 Å². The Hall–Kier alpha value is -1.07. The van der Waals surface area contributed by atoms with Gasteiger partial charge in [0.05, 0.1) is 5.56 Å². The number of benzene rings is 1. The lowest BCUT2D eigenvalue weighted by Crippen LogP contribution is -2.23. The molecule has 18 heavy (non-hydrogen) atoms. The van der Waals surface area contributed by atoms with Crippen LogP contribution in [0, 0.1) is 0 Å². The first kappa shape index (κ1) is 15.0. The number of hydrogen-bond acceptors (Lipinski definition) is 2. The quantitative estimate of drug-likeness (QED) is 0.875. The standard InChI is InChI=1S/C13H19F3N2/c1-17-12(8-9-18(2)3)10-4-6-11(7-5-10)13(14,15)16/h4-7,12,17H,8-9H2,1-3H3. The summed E-state index contributed by atoms with van der Waals surface area (Å²) in [5.41, 5.74) is 0.279. The molecule has 0 heterocycles. The van der Waals surface area contributed by atoms with Crippen molar-refractivity contribution < 1.29 is 13.2 Å². The van der Waals surface area contributed by atoms with Crippen molar-refractivity contribution in [3.8, 4) is 0 Å². The summed E-state index contributed by atoms with van der Waals surface area (Å²) in [6, 6.07) is 5.43. The van der Waals surface area contributed by atoms with Gasteiger partial charge >= 0.3 is 6.18 Å². The third-order valence-corrected chi connectivity index (χ3v) is 2.85. The number of halogens is 3. The van der Waals surface area contributed by atoms with Crippen molar-refractivity contribution in [1.82, 2.24) is 10.2 Å². The fraction of sp³-hybridized carbons (Fsp3) is 0.538. The molecule has 1 unspecified atom stereocenters. The summed E-state index contributed by atoms with van der Waals surface area (Å²) in [7, 11) is 5.76. The predicted octanol–water partition coefficient (Wildman–Crippen LogP) is 2.92. The van der Waals surface area contributed by atoms with E-state index < -0.39 is 11.7 Å². The Kier molecular flexibility index (Phi) is 5.16. The van der Waals surface area contributed by atoms with Crippen molar-refractivity contribution >= 4 is 0 Å². The van der Waals surface area contributed by atoms with E-state index in [1.54, 1.807) is 12.1 Å². The molecule has 0 aliphatic heterocycles. The summed E-state index contributed by atoms with van der Waals surface area (Å²) in [4.78, 5) is 2.05. The SMILES string of the molecule is CNC(CCN(C)C)c1ccc(C(F)(F)F)cc1. The van der Waals surface area contributed by atoms with Crippen molar-refractivity contribution in [3.05, 3.63) is 35.4 Å². The summed E-state index contributed by atoms with van der Waals surface area (Å²) in [5, 5.41) is 3.12. The maximum atomic E-state index is 12.4. The van der Waals surface area contributed by atoms with Gasteiger partial charge in [0, 0.05) is 6.04 Å². The van der Waals surface area contributed by atoms with Gasteiger partial charge in [-0.2, -0.15) is 13.2 Å². The molecule has 5 heteroatoms. The number of nitrogens with zero attached hydrogens (tertiary/aromatic N) is 1. The van der Waals surface area contributed by atoms with Crippen LogP contribution in [-0.2, 0) is 6.18 Å². The molecule has 0 saturated heterocycles. The van der Waals surface area contributed by atoms with Gasteiger partial charge in [0.1, 0.15) is 0 Å². The summed E-state index contributed by atoms with van der Waals surface area (Å²) < 4.78 is 37.3. The molecule has 0 aliphatic carbocycles. The second kappa shape index (κ2) is 6.20. The van der Waals surface area contributed by atoms with Gasteiger partial charge in [-0.1, -0.05) is 12.1 Å². The fourth-order valence-electron chi connectivity index (χ4n) is 1.77. The van der Waals surface area contributed by atoms with Crippen molar-refractivity contribution in [3.63, 3.8) is 0 Å². The Morgan fingerprint density at radius 2 is 1.72 bits per heavy atom. The molecule has 2 nitrogen and oxygen atoms in total. The first-order valence-corrected chi connectivity index (χ1v) is 5.83. The van der Waals surface area contributed by atoms with Gasteiger partial charge < -0.3 is 10.2 Å². The molecule has 0 radical (unpaired) electrons. The van der Waals surface area contributed by atoms with Gasteiger partial charge in [-0.3, -0.25) is 0 Å². The molecule has 1 aromatic carbocycles. The molecule has 0 spiro atoms. The molecule has 1 aromatic rings. The second-order valence-electron chi connectivity index (χ2n) is 4.55. The van der Waals surface area contributed by atoms with Gasteiger partial charge in [0.15, 0.2) is 0 Å². The number of hydrogen-bond donors (Lipinski definition) is 1. The van der Waals surface area contributed by atoms with E-state index >= 15 is 0 Å². The zero-order valence-electron chi connectivity index (χ0n) is 10.9. The van der Waals surface area contributed by atoms with Crippen LogP contribution in [0.1, 0.15) is 23.6 Å². The molecule has 0 bridgehead atoms. The number of alkyl halides is 3. The van der Waals surface area contributed by atoms with E-state index in [2.05, 4.69) is 10.2 Å². The van der Waals surface area contributed by atoms with E-state index in [0.29, 0.717) is 0 Å². The summed E-state index contributed by atoms with van der Waals surface area (Å²) in [6.07, 6.45) is -3.41. The van der Waals surface area contributed by atoms with Crippen LogP contribution in [0.15, 0.2) is 24.3 Å². The van der Waals surface area contributed by atoms with E-state index in [4.69, 9.17) is 0 Å². The normalized spacial score (nSPS) is 13.9. The maximum absolute atomic E-state index is 12.4. The van der Waals surface area contributed by atoms with Crippen molar-refractivity contribution in [2.75, 3.05) is 27.7 Å². The lowest BCUT2D eigenvalue weighted by atomic mass is 10.0. The average molecular weight is 260 g/mol. The van der Waals surface area contributed by atoms with E-state index in [1.807, 2.05) is 21.1 Å². The van der Waals surface area contributed by atoms with E-state index in [1.165, 1.54) is 0 Å². The van der Waals surface area contributed by atoms with Crippen molar-refractivity contribution in [2.24, 2.45) is 0 Å². The molecular weight excluding hydrogens is 241 g/mol. The minimum Gasteiger partial charge on any atom is -0.313 e. The van der Waals surface area contributed by atoms with Gasteiger partial charge in [0.2, 0.25) is 0 Å². The largest absolute Gasteiger partial charge is 0.416 e. The average Bonchev–Trinajstić information content (AvgIpc) is 2.29. The van der Waals surface area contributed by atoms with Gasteiger partial charge in [-0.15, -0.1) is 0 Å². The summed E-state index contributed by atoms with van der Waals surface area (Å²) in [6.45, 7) is 0.881. The van der Waals surface area contributed by atoms with Crippen LogP contribution in [0.3, 0.4) is 0 Å². The zero-order chi connectivity index (χ0) is 13.8. The molecule has 102 valence electrons. The van der Waals surface area contributed by atoms with E-state index in [0.717, 1.165) is 30.7 Å². The van der Waals surface area contributed by atoms with E-state index in [9.17, 15) is 13.2 Å². The van der Waals surface area contributed by atoms with E-state index in [-0.39, 0.29) is 6.04 Å². The first-order chi connectivity index (χ1) is 8.34. The maximum Gasteiger partial charge on any atom is 0.416 e.